The highest BCUT2D eigenvalue weighted by atomic mass is 16.6. The Hall–Kier alpha value is -4.27. The molecule has 1 saturated heterocycles. The first-order chi connectivity index (χ1) is 17.6. The predicted molar refractivity (Wildman–Crippen MR) is 127 cm³/mol. The van der Waals surface area contributed by atoms with Crippen LogP contribution in [0, 0.1) is 0 Å². The van der Waals surface area contributed by atoms with E-state index in [1.165, 1.54) is 4.90 Å². The number of carbonyl (C=O) groups excluding carboxylic acids is 2. The zero-order valence-electron chi connectivity index (χ0n) is 19.9. The number of imidazole rings is 1. The van der Waals surface area contributed by atoms with Gasteiger partial charge in [-0.3, -0.25) is 14.6 Å². The number of amides is 1. The largest absolute Gasteiger partial charge is 0.872 e. The van der Waals surface area contributed by atoms with Crippen molar-refractivity contribution in [1.82, 2.24) is 9.88 Å². The summed E-state index contributed by atoms with van der Waals surface area (Å²) in [7, 11) is 0. The number of ether oxygens (including phenoxy) is 3. The van der Waals surface area contributed by atoms with E-state index in [0.717, 1.165) is 0 Å². The Morgan fingerprint density at radius 1 is 1.14 bits per heavy atom. The third-order valence-corrected chi connectivity index (χ3v) is 6.26. The van der Waals surface area contributed by atoms with E-state index in [4.69, 9.17) is 14.2 Å². The van der Waals surface area contributed by atoms with Gasteiger partial charge in [-0.2, -0.15) is 0 Å². The van der Waals surface area contributed by atoms with Gasteiger partial charge in [-0.15, -0.1) is 0 Å². The number of H-pyrrole nitrogens is 1. The molecule has 1 unspecified atom stereocenters. The van der Waals surface area contributed by atoms with Crippen LogP contribution < -0.4 is 23.9 Å². The van der Waals surface area contributed by atoms with Crippen molar-refractivity contribution < 1.29 is 33.5 Å². The number of aryl methyl sites for hydroxylation is 1. The molecule has 3 aromatic rings. The molecular weight excluding hydrogens is 462 g/mol. The van der Waals surface area contributed by atoms with E-state index < -0.39 is 23.5 Å². The van der Waals surface area contributed by atoms with Gasteiger partial charge in [0.2, 0.25) is 12.1 Å². The predicted octanol–water partition coefficient (Wildman–Crippen LogP) is 1.79. The Bertz CT molecular complexity index is 1280. The lowest BCUT2D eigenvalue weighted by atomic mass is 9.95. The maximum absolute atomic E-state index is 13.7. The molecule has 9 heteroatoms. The zero-order chi connectivity index (χ0) is 25.1. The lowest BCUT2D eigenvalue weighted by molar-refractivity contribution is -0.695. The standard InChI is InChI=1S/C27H27N3O6/c1-2-34-20-7-4-18(5-8-20)24-23(25(31)19-6-9-21-22(16-19)36-15-14-35-21)26(32)27(33)30(24)12-3-11-29-13-10-28-17-29/h4-10,13,16-17,24H,2-3,11-12,14-15H2,1H3,(H,31,32). The number of Topliss-reactive ketones (excluding diaryl/α,β-unsaturated/α-hetero) is 1. The van der Waals surface area contributed by atoms with Crippen LogP contribution in [0.4, 0.5) is 0 Å². The molecule has 1 fully saturated rings. The van der Waals surface area contributed by atoms with E-state index in [2.05, 4.69) is 4.98 Å². The molecule has 3 heterocycles. The lowest BCUT2D eigenvalue weighted by Crippen LogP contribution is -2.36. The Labute approximate surface area is 208 Å². The number of hydrogen-bond donors (Lipinski definition) is 1. The average molecular weight is 490 g/mol. The minimum absolute atomic E-state index is 0.0601. The summed E-state index contributed by atoms with van der Waals surface area (Å²) in [6.07, 6.45) is 6.14. The van der Waals surface area contributed by atoms with Crippen LogP contribution in [0.5, 0.6) is 17.2 Å². The van der Waals surface area contributed by atoms with E-state index in [1.807, 2.05) is 30.2 Å². The first-order valence-electron chi connectivity index (χ1n) is 12.0. The molecule has 1 aromatic heterocycles. The van der Waals surface area contributed by atoms with Crippen LogP contribution in [0.15, 0.2) is 66.8 Å². The SMILES string of the molecule is CCOc1ccc(C2C(=C([O-])c3ccc4c(c3)OCCO4)C(=O)C(=O)N2CCC[n+]2cc[nH]c2)cc1. The quantitative estimate of drug-likeness (QED) is 0.224. The average Bonchev–Trinajstić information content (AvgIpc) is 3.51. The van der Waals surface area contributed by atoms with Gasteiger partial charge < -0.3 is 24.2 Å². The molecule has 186 valence electrons. The van der Waals surface area contributed by atoms with Crippen LogP contribution in [0.3, 0.4) is 0 Å². The van der Waals surface area contributed by atoms with E-state index in [-0.39, 0.29) is 11.1 Å². The highest BCUT2D eigenvalue weighted by Gasteiger charge is 2.44. The molecule has 1 atom stereocenters. The number of aromatic amines is 1. The monoisotopic (exact) mass is 489 g/mol. The number of nitrogens with one attached hydrogen (secondary N) is 1. The fourth-order valence-corrected chi connectivity index (χ4v) is 4.58. The van der Waals surface area contributed by atoms with E-state index in [1.54, 1.807) is 42.5 Å². The Morgan fingerprint density at radius 3 is 2.64 bits per heavy atom. The summed E-state index contributed by atoms with van der Waals surface area (Å²) in [5, 5.41) is 13.7. The van der Waals surface area contributed by atoms with Gasteiger partial charge in [-0.1, -0.05) is 24.0 Å². The van der Waals surface area contributed by atoms with Crippen molar-refractivity contribution in [2.75, 3.05) is 26.4 Å². The van der Waals surface area contributed by atoms with Crippen LogP contribution in [0.25, 0.3) is 5.76 Å². The summed E-state index contributed by atoms with van der Waals surface area (Å²) in [4.78, 5) is 30.9. The molecule has 1 N–H and O–H groups in total. The smallest absolute Gasteiger partial charge is 0.295 e. The number of fused-ring (bicyclic) bond motifs is 1. The molecule has 0 bridgehead atoms. The summed E-state index contributed by atoms with van der Waals surface area (Å²) < 4.78 is 18.7. The summed E-state index contributed by atoms with van der Waals surface area (Å²) in [5.74, 6) is -0.276. The Morgan fingerprint density at radius 2 is 1.92 bits per heavy atom. The third kappa shape index (κ3) is 4.51. The van der Waals surface area contributed by atoms with E-state index >= 15 is 0 Å². The number of benzene rings is 2. The number of ketones is 1. The zero-order valence-corrected chi connectivity index (χ0v) is 19.9. The van der Waals surface area contributed by atoms with Crippen LogP contribution in [0.1, 0.15) is 30.5 Å². The van der Waals surface area contributed by atoms with E-state index in [0.29, 0.717) is 62.1 Å². The molecule has 2 aliphatic rings. The normalized spacial score (nSPS) is 18.5. The molecule has 36 heavy (non-hydrogen) atoms. The van der Waals surface area contributed by atoms with Gasteiger partial charge in [0.25, 0.3) is 5.91 Å². The van der Waals surface area contributed by atoms with Gasteiger partial charge in [0, 0.05) is 18.5 Å². The number of carbonyl (C=O) groups is 2. The second kappa shape index (κ2) is 10.2. The van der Waals surface area contributed by atoms with Crippen molar-refractivity contribution in [1.29, 1.82) is 0 Å². The van der Waals surface area contributed by atoms with Gasteiger partial charge >= 0.3 is 0 Å². The number of aromatic nitrogens is 2. The van der Waals surface area contributed by atoms with Crippen LogP contribution in [-0.2, 0) is 16.1 Å². The van der Waals surface area contributed by atoms with E-state index in [9.17, 15) is 14.7 Å². The molecule has 2 aromatic carbocycles. The van der Waals surface area contributed by atoms with Crippen LogP contribution in [-0.4, -0.2) is 47.9 Å². The summed E-state index contributed by atoms with van der Waals surface area (Å²) in [6.45, 7) is 4.19. The molecule has 0 radical (unpaired) electrons. The number of likely N-dealkylation sites (tertiary alicyclic amines) is 1. The van der Waals surface area contributed by atoms with Crippen molar-refractivity contribution >= 4 is 17.4 Å². The molecule has 0 spiro atoms. The van der Waals surface area contributed by atoms with Gasteiger partial charge in [0.1, 0.15) is 31.4 Å². The van der Waals surface area contributed by atoms with Gasteiger partial charge in [-0.25, -0.2) is 4.57 Å². The Balaban J connectivity index is 1.52. The van der Waals surface area contributed by atoms with Crippen LogP contribution in [0.2, 0.25) is 0 Å². The topological polar surface area (TPSA) is 108 Å². The first-order valence-corrected chi connectivity index (χ1v) is 12.0. The number of hydrogen-bond acceptors (Lipinski definition) is 6. The number of rotatable bonds is 8. The molecule has 2 aliphatic heterocycles. The van der Waals surface area contributed by atoms with Crippen molar-refractivity contribution in [3.63, 3.8) is 0 Å². The van der Waals surface area contributed by atoms with Gasteiger partial charge in [0.15, 0.2) is 11.5 Å². The summed E-state index contributed by atoms with van der Waals surface area (Å²) >= 11 is 0. The molecule has 1 amide bonds. The second-order valence-electron chi connectivity index (χ2n) is 8.54. The second-order valence-corrected chi connectivity index (χ2v) is 8.54. The maximum Gasteiger partial charge on any atom is 0.295 e. The molecule has 9 nitrogen and oxygen atoms in total. The van der Waals surface area contributed by atoms with Crippen molar-refractivity contribution in [3.8, 4) is 17.2 Å². The molecule has 0 aliphatic carbocycles. The minimum Gasteiger partial charge on any atom is -0.872 e. The van der Waals surface area contributed by atoms with Crippen molar-refractivity contribution in [2.45, 2.75) is 25.9 Å². The first kappa shape index (κ1) is 23.5. The summed E-state index contributed by atoms with van der Waals surface area (Å²) in [5.41, 5.74) is 0.888. The molecule has 0 saturated carbocycles. The minimum atomic E-state index is -0.794. The highest BCUT2D eigenvalue weighted by Crippen LogP contribution is 2.40. The maximum atomic E-state index is 13.7. The number of nitrogens with zero attached hydrogens (tertiary/aromatic N) is 2. The van der Waals surface area contributed by atoms with Crippen LogP contribution >= 0.6 is 0 Å². The van der Waals surface area contributed by atoms with Crippen molar-refractivity contribution in [3.05, 3.63) is 77.9 Å². The third-order valence-electron chi connectivity index (χ3n) is 6.26. The molecule has 5 rings (SSSR count). The molecular formula is C27H27N3O6. The fraction of sp³-hybridized carbons (Fsp3) is 0.296. The lowest BCUT2D eigenvalue weighted by Gasteiger charge is -2.28. The fourth-order valence-electron chi connectivity index (χ4n) is 4.58. The van der Waals surface area contributed by atoms with Gasteiger partial charge in [0.05, 0.1) is 19.2 Å². The Kier molecular flexibility index (Phi) is 6.62. The van der Waals surface area contributed by atoms with Crippen molar-refractivity contribution in [2.24, 2.45) is 0 Å². The van der Waals surface area contributed by atoms with Gasteiger partial charge in [-0.05, 0) is 42.3 Å². The summed E-state index contributed by atoms with van der Waals surface area (Å²) in [6, 6.07) is 11.2. The highest BCUT2D eigenvalue weighted by molar-refractivity contribution is 6.46.